The first-order valence-electron chi connectivity index (χ1n) is 11.4. The van der Waals surface area contributed by atoms with Gasteiger partial charge in [-0.15, -0.1) is 0 Å². The summed E-state index contributed by atoms with van der Waals surface area (Å²) < 4.78 is 5.15. The van der Waals surface area contributed by atoms with Crippen LogP contribution in [-0.4, -0.2) is 46.1 Å². The number of nitrogens with one attached hydrogen (secondary N) is 3. The molecule has 0 saturated heterocycles. The number of aromatic nitrogens is 3. The normalized spacial score (nSPS) is 10.8. The number of hydrogen-bond donors (Lipinski definition) is 4. The van der Waals surface area contributed by atoms with E-state index in [0.29, 0.717) is 28.2 Å². The molecule has 9 nitrogen and oxygen atoms in total. The summed E-state index contributed by atoms with van der Waals surface area (Å²) in [7, 11) is 1.61. The number of anilines is 5. The fraction of sp³-hybridized carbons (Fsp3) is 0.111. The summed E-state index contributed by atoms with van der Waals surface area (Å²) in [6.07, 6.45) is 3.29. The Morgan fingerprint density at radius 3 is 2.00 bits per heavy atom. The minimum atomic E-state index is -0.118. The highest BCUT2D eigenvalue weighted by molar-refractivity contribution is 6.30. The van der Waals surface area contributed by atoms with Crippen LogP contribution in [0.3, 0.4) is 0 Å². The van der Waals surface area contributed by atoms with Gasteiger partial charge in [0.15, 0.2) is 5.78 Å². The highest BCUT2D eigenvalue weighted by Gasteiger charge is 2.09. The van der Waals surface area contributed by atoms with Gasteiger partial charge < -0.3 is 25.8 Å². The number of halogens is 1. The maximum atomic E-state index is 12.6. The van der Waals surface area contributed by atoms with E-state index in [1.807, 2.05) is 24.3 Å². The molecule has 0 unspecified atom stereocenters. The topological polar surface area (TPSA) is 121 Å². The third-order valence-corrected chi connectivity index (χ3v) is 5.35. The smallest absolute Gasteiger partial charge is 0.233 e. The predicted octanol–water partition coefficient (Wildman–Crippen LogP) is 5.32. The van der Waals surface area contributed by atoms with Crippen molar-refractivity contribution in [2.24, 2.45) is 0 Å². The molecule has 37 heavy (non-hydrogen) atoms. The van der Waals surface area contributed by atoms with Crippen molar-refractivity contribution in [3.63, 3.8) is 0 Å². The second-order valence-corrected chi connectivity index (χ2v) is 8.20. The van der Waals surface area contributed by atoms with Crippen molar-refractivity contribution in [1.29, 1.82) is 0 Å². The number of allylic oxidation sites excluding steroid dienone is 1. The fourth-order valence-electron chi connectivity index (χ4n) is 3.23. The molecule has 1 heterocycles. The maximum Gasteiger partial charge on any atom is 0.233 e. The molecule has 0 bridgehead atoms. The van der Waals surface area contributed by atoms with E-state index < -0.39 is 0 Å². The molecular weight excluding hydrogens is 492 g/mol. The quantitative estimate of drug-likeness (QED) is 0.155. The number of aliphatic hydroxyl groups excluding tert-OH is 1. The Morgan fingerprint density at radius 1 is 0.865 bits per heavy atom. The largest absolute Gasteiger partial charge is 0.497 e. The Morgan fingerprint density at radius 2 is 1.43 bits per heavy atom. The monoisotopic (exact) mass is 516 g/mol. The molecule has 1 aromatic heterocycles. The summed E-state index contributed by atoms with van der Waals surface area (Å²) in [5.74, 6) is 1.51. The third-order valence-electron chi connectivity index (χ3n) is 5.10. The van der Waals surface area contributed by atoms with Gasteiger partial charge in [0.2, 0.25) is 17.8 Å². The van der Waals surface area contributed by atoms with Crippen molar-refractivity contribution in [2.45, 2.75) is 0 Å². The first-order chi connectivity index (χ1) is 18.0. The van der Waals surface area contributed by atoms with Crippen molar-refractivity contribution >= 4 is 52.7 Å². The number of hydrogen-bond acceptors (Lipinski definition) is 9. The third kappa shape index (κ3) is 7.50. The molecule has 0 amide bonds. The van der Waals surface area contributed by atoms with Crippen molar-refractivity contribution in [3.05, 3.63) is 95.0 Å². The standard InChI is InChI=1S/C27H25ClN6O3/c1-37-23-13-2-18(3-14-23)4-15-24(36)19-5-9-21(10-6-19)30-26-32-25(29-16-17-35)33-27(34-26)31-22-11-7-20(28)8-12-22/h2-15,35H,16-17H2,1H3,(H3,29,30,31,32,33,34)/b15-4+. The Hall–Kier alpha value is -4.47. The van der Waals surface area contributed by atoms with E-state index in [1.165, 1.54) is 6.08 Å². The van der Waals surface area contributed by atoms with Crippen LogP contribution in [0.15, 0.2) is 78.9 Å². The maximum absolute atomic E-state index is 12.6. The molecule has 188 valence electrons. The van der Waals surface area contributed by atoms with Crippen molar-refractivity contribution in [2.75, 3.05) is 36.2 Å². The van der Waals surface area contributed by atoms with E-state index in [-0.39, 0.29) is 24.9 Å². The summed E-state index contributed by atoms with van der Waals surface area (Å²) in [4.78, 5) is 25.7. The Bertz CT molecular complexity index is 1360. The van der Waals surface area contributed by atoms with Gasteiger partial charge in [-0.2, -0.15) is 15.0 Å². The van der Waals surface area contributed by atoms with Crippen LogP contribution >= 0.6 is 11.6 Å². The number of carbonyl (C=O) groups is 1. The lowest BCUT2D eigenvalue weighted by molar-refractivity contribution is 0.104. The van der Waals surface area contributed by atoms with Crippen LogP contribution in [0.4, 0.5) is 29.2 Å². The van der Waals surface area contributed by atoms with Gasteiger partial charge in [-0.1, -0.05) is 29.8 Å². The van der Waals surface area contributed by atoms with Crippen molar-refractivity contribution < 1.29 is 14.6 Å². The molecule has 0 fully saturated rings. The molecule has 0 aliphatic heterocycles. The van der Waals surface area contributed by atoms with Crippen LogP contribution in [0.2, 0.25) is 5.02 Å². The molecular formula is C27H25ClN6O3. The lowest BCUT2D eigenvalue weighted by atomic mass is 10.1. The van der Waals surface area contributed by atoms with Crippen molar-refractivity contribution in [3.8, 4) is 5.75 Å². The number of nitrogens with zero attached hydrogens (tertiary/aromatic N) is 3. The molecule has 0 aliphatic rings. The minimum Gasteiger partial charge on any atom is -0.497 e. The second kappa shape index (κ2) is 12.5. The fourth-order valence-corrected chi connectivity index (χ4v) is 3.35. The number of methoxy groups -OCH3 is 1. The van der Waals surface area contributed by atoms with E-state index in [1.54, 1.807) is 61.7 Å². The van der Waals surface area contributed by atoms with Crippen LogP contribution in [-0.2, 0) is 0 Å². The first-order valence-corrected chi connectivity index (χ1v) is 11.8. The number of ketones is 1. The molecule has 4 N–H and O–H groups in total. The SMILES string of the molecule is COc1ccc(/C=C/C(=O)c2ccc(Nc3nc(NCCO)nc(Nc4ccc(Cl)cc4)n3)cc2)cc1. The number of benzene rings is 3. The van der Waals surface area contributed by atoms with Gasteiger partial charge in [-0.3, -0.25) is 4.79 Å². The average molecular weight is 517 g/mol. The van der Waals surface area contributed by atoms with E-state index in [4.69, 9.17) is 21.4 Å². The van der Waals surface area contributed by atoms with Gasteiger partial charge in [0.1, 0.15) is 5.75 Å². The average Bonchev–Trinajstić information content (AvgIpc) is 2.92. The van der Waals surface area contributed by atoms with E-state index in [0.717, 1.165) is 17.0 Å². The second-order valence-electron chi connectivity index (χ2n) is 7.76. The molecule has 0 spiro atoms. The van der Waals surface area contributed by atoms with Crippen LogP contribution in [0.5, 0.6) is 5.75 Å². The molecule has 10 heteroatoms. The molecule has 0 saturated carbocycles. The van der Waals surface area contributed by atoms with Gasteiger partial charge in [-0.05, 0) is 72.3 Å². The molecule has 0 aliphatic carbocycles. The number of carbonyl (C=O) groups excluding carboxylic acids is 1. The summed E-state index contributed by atoms with van der Waals surface area (Å²) >= 11 is 5.96. The van der Waals surface area contributed by atoms with Gasteiger partial charge in [-0.25, -0.2) is 0 Å². The lowest BCUT2D eigenvalue weighted by Gasteiger charge is -2.11. The van der Waals surface area contributed by atoms with E-state index in [9.17, 15) is 4.79 Å². The van der Waals surface area contributed by atoms with E-state index in [2.05, 4.69) is 30.9 Å². The molecule has 0 atom stereocenters. The Kier molecular flexibility index (Phi) is 8.64. The Labute approximate surface area is 219 Å². The van der Waals surface area contributed by atoms with Gasteiger partial charge in [0.25, 0.3) is 0 Å². The number of ether oxygens (including phenoxy) is 1. The highest BCUT2D eigenvalue weighted by atomic mass is 35.5. The van der Waals surface area contributed by atoms with Gasteiger partial charge >= 0.3 is 0 Å². The molecule has 3 aromatic carbocycles. The summed E-state index contributed by atoms with van der Waals surface area (Å²) in [6.45, 7) is 0.210. The molecule has 4 aromatic rings. The van der Waals surface area contributed by atoms with Crippen LogP contribution < -0.4 is 20.7 Å². The van der Waals surface area contributed by atoms with Crippen LogP contribution in [0.25, 0.3) is 6.08 Å². The first kappa shape index (κ1) is 25.6. The van der Waals surface area contributed by atoms with Crippen LogP contribution in [0, 0.1) is 0 Å². The van der Waals surface area contributed by atoms with Crippen LogP contribution in [0.1, 0.15) is 15.9 Å². The Balaban J connectivity index is 1.46. The summed E-state index contributed by atoms with van der Waals surface area (Å²) in [6, 6.07) is 21.5. The predicted molar refractivity (Wildman–Crippen MR) is 146 cm³/mol. The number of rotatable bonds is 11. The van der Waals surface area contributed by atoms with Crippen molar-refractivity contribution in [1.82, 2.24) is 15.0 Å². The summed E-state index contributed by atoms with van der Waals surface area (Å²) in [5, 5.41) is 18.9. The van der Waals surface area contributed by atoms with Gasteiger partial charge in [0.05, 0.1) is 13.7 Å². The minimum absolute atomic E-state index is 0.0726. The highest BCUT2D eigenvalue weighted by Crippen LogP contribution is 2.21. The van der Waals surface area contributed by atoms with E-state index >= 15 is 0 Å². The molecule has 4 rings (SSSR count). The summed E-state index contributed by atoms with van der Waals surface area (Å²) in [5.41, 5.74) is 2.88. The molecule has 0 radical (unpaired) electrons. The lowest BCUT2D eigenvalue weighted by Crippen LogP contribution is -2.12. The zero-order valence-corrected chi connectivity index (χ0v) is 20.7. The zero-order valence-electron chi connectivity index (χ0n) is 20.0. The van der Waals surface area contributed by atoms with Gasteiger partial charge in [0, 0.05) is 28.5 Å². The zero-order chi connectivity index (χ0) is 26.0. The number of aliphatic hydroxyl groups is 1.